The van der Waals surface area contributed by atoms with Crippen LogP contribution in [0.25, 0.3) is 11.4 Å². The van der Waals surface area contributed by atoms with Gasteiger partial charge in [0.15, 0.2) is 0 Å². The molecule has 104 valence electrons. The van der Waals surface area contributed by atoms with Crippen LogP contribution in [-0.2, 0) is 9.53 Å². The minimum atomic E-state index is -0.521. The normalized spacial score (nSPS) is 11.9. The van der Waals surface area contributed by atoms with Gasteiger partial charge in [-0.15, -0.1) is 0 Å². The Labute approximate surface area is 115 Å². The maximum Gasteiger partial charge on any atom is 0.328 e. The van der Waals surface area contributed by atoms with Crippen molar-refractivity contribution in [2.75, 3.05) is 7.11 Å². The predicted molar refractivity (Wildman–Crippen MR) is 71.0 cm³/mol. The van der Waals surface area contributed by atoms with Crippen LogP contribution in [0.3, 0.4) is 0 Å². The van der Waals surface area contributed by atoms with Crippen molar-refractivity contribution >= 4 is 11.7 Å². The zero-order chi connectivity index (χ0) is 14.7. The van der Waals surface area contributed by atoms with Crippen LogP contribution in [0, 0.1) is 10.1 Å². The maximum absolute atomic E-state index is 11.6. The summed E-state index contributed by atoms with van der Waals surface area (Å²) in [5, 5.41) is 10.6. The number of ether oxygens (including phenoxy) is 1. The Balaban J connectivity index is 2.37. The second-order valence-electron chi connectivity index (χ2n) is 4.16. The number of imidazole rings is 1. The number of carbonyl (C=O) groups excluding carboxylic acids is 1. The van der Waals surface area contributed by atoms with Crippen LogP contribution in [0.1, 0.15) is 13.0 Å². The van der Waals surface area contributed by atoms with Gasteiger partial charge in [0.25, 0.3) is 5.69 Å². The van der Waals surface area contributed by atoms with E-state index in [0.29, 0.717) is 11.4 Å². The predicted octanol–water partition coefficient (Wildman–Crippen LogP) is 2.19. The standard InChI is InChI=1S/C13H13N3O4/c1-9(13(17)20-2)15-8-7-14-12(15)10-3-5-11(6-4-10)16(18)19/h3-9H,1-2H3. The zero-order valence-electron chi connectivity index (χ0n) is 11.0. The molecule has 0 fully saturated rings. The molecular formula is C13H13N3O4. The molecule has 1 unspecified atom stereocenters. The largest absolute Gasteiger partial charge is 0.467 e. The summed E-state index contributed by atoms with van der Waals surface area (Å²) in [6.07, 6.45) is 3.23. The first-order valence-corrected chi connectivity index (χ1v) is 5.90. The van der Waals surface area contributed by atoms with E-state index in [9.17, 15) is 14.9 Å². The highest BCUT2D eigenvalue weighted by Crippen LogP contribution is 2.24. The summed E-state index contributed by atoms with van der Waals surface area (Å²) in [4.78, 5) is 25.9. The third kappa shape index (κ3) is 2.51. The van der Waals surface area contributed by atoms with Crippen molar-refractivity contribution < 1.29 is 14.5 Å². The summed E-state index contributed by atoms with van der Waals surface area (Å²) in [5.41, 5.74) is 0.698. The number of nitrogens with zero attached hydrogens (tertiary/aromatic N) is 3. The fraction of sp³-hybridized carbons (Fsp3) is 0.231. The van der Waals surface area contributed by atoms with E-state index < -0.39 is 11.0 Å². The number of nitro benzene ring substituents is 1. The Morgan fingerprint density at radius 1 is 1.40 bits per heavy atom. The Hall–Kier alpha value is -2.70. The molecule has 0 aliphatic heterocycles. The van der Waals surface area contributed by atoms with Crippen molar-refractivity contribution in [2.24, 2.45) is 0 Å². The number of methoxy groups -OCH3 is 1. The Bertz CT molecular complexity index is 633. The van der Waals surface area contributed by atoms with Crippen molar-refractivity contribution in [2.45, 2.75) is 13.0 Å². The van der Waals surface area contributed by atoms with E-state index in [4.69, 9.17) is 4.74 Å². The lowest BCUT2D eigenvalue weighted by Crippen LogP contribution is -2.18. The third-order valence-electron chi connectivity index (χ3n) is 2.96. The number of aromatic nitrogens is 2. The van der Waals surface area contributed by atoms with Crippen LogP contribution in [0.15, 0.2) is 36.7 Å². The minimum Gasteiger partial charge on any atom is -0.467 e. The average molecular weight is 275 g/mol. The van der Waals surface area contributed by atoms with Crippen LogP contribution in [0.4, 0.5) is 5.69 Å². The second kappa shape index (κ2) is 5.52. The summed E-state index contributed by atoms with van der Waals surface area (Å²) in [5.74, 6) is 0.170. The molecule has 20 heavy (non-hydrogen) atoms. The molecule has 0 aliphatic rings. The minimum absolute atomic E-state index is 0.00729. The summed E-state index contributed by atoms with van der Waals surface area (Å²) < 4.78 is 6.36. The molecule has 0 saturated carbocycles. The molecule has 1 atom stereocenters. The molecule has 0 amide bonds. The van der Waals surface area contributed by atoms with Gasteiger partial charge in [-0.05, 0) is 19.1 Å². The van der Waals surface area contributed by atoms with Crippen LogP contribution >= 0.6 is 0 Å². The second-order valence-corrected chi connectivity index (χ2v) is 4.16. The van der Waals surface area contributed by atoms with Crippen molar-refractivity contribution in [3.63, 3.8) is 0 Å². The van der Waals surface area contributed by atoms with Crippen molar-refractivity contribution in [1.29, 1.82) is 0 Å². The highest BCUT2D eigenvalue weighted by Gasteiger charge is 2.19. The highest BCUT2D eigenvalue weighted by molar-refractivity contribution is 5.74. The van der Waals surface area contributed by atoms with Gasteiger partial charge in [-0.25, -0.2) is 9.78 Å². The van der Waals surface area contributed by atoms with E-state index in [0.717, 1.165) is 0 Å². The zero-order valence-corrected chi connectivity index (χ0v) is 11.0. The van der Waals surface area contributed by atoms with Gasteiger partial charge in [-0.2, -0.15) is 0 Å². The van der Waals surface area contributed by atoms with Crippen LogP contribution < -0.4 is 0 Å². The van der Waals surface area contributed by atoms with Gasteiger partial charge >= 0.3 is 5.97 Å². The Kier molecular flexibility index (Phi) is 3.79. The van der Waals surface area contributed by atoms with Gasteiger partial charge in [0.1, 0.15) is 11.9 Å². The van der Waals surface area contributed by atoms with Gasteiger partial charge in [0, 0.05) is 30.1 Å². The molecule has 7 nitrogen and oxygen atoms in total. The van der Waals surface area contributed by atoms with Crippen LogP contribution in [0.2, 0.25) is 0 Å². The first-order chi connectivity index (χ1) is 9.54. The van der Waals surface area contributed by atoms with E-state index in [2.05, 4.69) is 4.98 Å². The molecule has 1 aromatic heterocycles. The van der Waals surface area contributed by atoms with Gasteiger partial charge in [-0.1, -0.05) is 0 Å². The summed E-state index contributed by atoms with van der Waals surface area (Å²) in [7, 11) is 1.32. The lowest BCUT2D eigenvalue weighted by molar-refractivity contribution is -0.384. The monoisotopic (exact) mass is 275 g/mol. The number of hydrogen-bond donors (Lipinski definition) is 0. The van der Waals surface area contributed by atoms with E-state index in [1.165, 1.54) is 19.2 Å². The number of benzene rings is 1. The topological polar surface area (TPSA) is 87.3 Å². The van der Waals surface area contributed by atoms with Gasteiger partial charge in [0.2, 0.25) is 0 Å². The molecule has 7 heteroatoms. The van der Waals surface area contributed by atoms with E-state index >= 15 is 0 Å². The molecule has 0 bridgehead atoms. The molecule has 2 rings (SSSR count). The van der Waals surface area contributed by atoms with Crippen LogP contribution in [0.5, 0.6) is 0 Å². The number of hydrogen-bond acceptors (Lipinski definition) is 5. The fourth-order valence-corrected chi connectivity index (χ4v) is 1.87. The lowest BCUT2D eigenvalue weighted by Gasteiger charge is -2.14. The highest BCUT2D eigenvalue weighted by atomic mass is 16.6. The molecular weight excluding hydrogens is 262 g/mol. The first-order valence-electron chi connectivity index (χ1n) is 5.90. The molecule has 0 radical (unpaired) electrons. The molecule has 1 heterocycles. The third-order valence-corrected chi connectivity index (χ3v) is 2.96. The van der Waals surface area contributed by atoms with Crippen molar-refractivity contribution in [3.05, 3.63) is 46.8 Å². The van der Waals surface area contributed by atoms with Crippen LogP contribution in [-0.4, -0.2) is 27.6 Å². The van der Waals surface area contributed by atoms with Gasteiger partial charge < -0.3 is 9.30 Å². The number of rotatable bonds is 4. The smallest absolute Gasteiger partial charge is 0.328 e. The van der Waals surface area contributed by atoms with Crippen molar-refractivity contribution in [1.82, 2.24) is 9.55 Å². The molecule has 0 spiro atoms. The fourth-order valence-electron chi connectivity index (χ4n) is 1.87. The Morgan fingerprint density at radius 2 is 2.05 bits per heavy atom. The Morgan fingerprint density at radius 3 is 2.60 bits per heavy atom. The van der Waals surface area contributed by atoms with Gasteiger partial charge in [-0.3, -0.25) is 10.1 Å². The van der Waals surface area contributed by atoms with E-state index in [1.54, 1.807) is 36.0 Å². The lowest BCUT2D eigenvalue weighted by atomic mass is 10.2. The maximum atomic E-state index is 11.6. The van der Waals surface area contributed by atoms with Gasteiger partial charge in [0.05, 0.1) is 12.0 Å². The number of non-ortho nitro benzene ring substituents is 1. The summed E-state index contributed by atoms with van der Waals surface area (Å²) in [6, 6.07) is 5.48. The quantitative estimate of drug-likeness (QED) is 0.485. The summed E-state index contributed by atoms with van der Waals surface area (Å²) >= 11 is 0. The molecule has 2 aromatic rings. The first kappa shape index (κ1) is 13.7. The number of carbonyl (C=O) groups is 1. The molecule has 0 aliphatic carbocycles. The number of nitro groups is 1. The SMILES string of the molecule is COC(=O)C(C)n1ccnc1-c1ccc([N+](=O)[O-])cc1. The van der Waals surface area contributed by atoms with E-state index in [-0.39, 0.29) is 11.7 Å². The van der Waals surface area contributed by atoms with Crippen molar-refractivity contribution in [3.8, 4) is 11.4 Å². The average Bonchev–Trinajstić information content (AvgIpc) is 2.95. The molecule has 0 saturated heterocycles. The summed E-state index contributed by atoms with van der Waals surface area (Å²) in [6.45, 7) is 1.70. The van der Waals surface area contributed by atoms with E-state index in [1.807, 2.05) is 0 Å². The molecule has 1 aromatic carbocycles. The number of esters is 1. The molecule has 0 N–H and O–H groups in total.